The highest BCUT2D eigenvalue weighted by Gasteiger charge is 2.25. The van der Waals surface area contributed by atoms with Crippen LogP contribution < -0.4 is 10.9 Å². The zero-order chi connectivity index (χ0) is 18.0. The van der Waals surface area contributed by atoms with Gasteiger partial charge < -0.3 is 4.52 Å². The van der Waals surface area contributed by atoms with Crippen LogP contribution in [0.3, 0.4) is 0 Å². The first kappa shape index (κ1) is 17.1. The Morgan fingerprint density at radius 1 is 1.20 bits per heavy atom. The Bertz CT molecular complexity index is 920. The third kappa shape index (κ3) is 3.40. The van der Waals surface area contributed by atoms with E-state index in [0.717, 1.165) is 0 Å². The van der Waals surface area contributed by atoms with Crippen molar-refractivity contribution in [1.29, 1.82) is 0 Å². The number of amides is 2. The van der Waals surface area contributed by atoms with Crippen LogP contribution in [-0.2, 0) is 0 Å². The largest absolute Gasteiger partial charge is 0.360 e. The van der Waals surface area contributed by atoms with Gasteiger partial charge in [0.1, 0.15) is 22.8 Å². The fraction of sp³-hybridized carbons (Fsp3) is 0.0625. The second kappa shape index (κ2) is 7.04. The number of nitrogens with zero attached hydrogens (tertiary/aromatic N) is 1. The molecule has 2 heterocycles. The molecule has 0 saturated heterocycles. The fourth-order valence-corrected chi connectivity index (χ4v) is 3.05. The SMILES string of the molecule is Cc1onc(-c2c(F)cccc2Cl)c1C(=O)NNC(=O)c1cccs1. The van der Waals surface area contributed by atoms with Gasteiger partial charge in [-0.2, -0.15) is 0 Å². The number of aryl methyl sites for hydroxylation is 1. The van der Waals surface area contributed by atoms with E-state index >= 15 is 0 Å². The topological polar surface area (TPSA) is 84.2 Å². The summed E-state index contributed by atoms with van der Waals surface area (Å²) in [5.74, 6) is -1.64. The van der Waals surface area contributed by atoms with Gasteiger partial charge in [-0.15, -0.1) is 11.3 Å². The van der Waals surface area contributed by atoms with Gasteiger partial charge in [0.15, 0.2) is 0 Å². The summed E-state index contributed by atoms with van der Waals surface area (Å²) in [5, 5.41) is 5.56. The summed E-state index contributed by atoms with van der Waals surface area (Å²) in [6, 6.07) is 7.44. The lowest BCUT2D eigenvalue weighted by Gasteiger charge is -2.08. The highest BCUT2D eigenvalue weighted by molar-refractivity contribution is 7.12. The minimum absolute atomic E-state index is 0.0153. The second-order valence-corrected chi connectivity index (χ2v) is 6.30. The van der Waals surface area contributed by atoms with Crippen molar-refractivity contribution < 1.29 is 18.5 Å². The zero-order valence-corrected chi connectivity index (χ0v) is 14.4. The van der Waals surface area contributed by atoms with Crippen LogP contribution in [0.25, 0.3) is 11.3 Å². The molecule has 3 aromatic rings. The molecule has 0 fully saturated rings. The smallest absolute Gasteiger partial charge is 0.279 e. The summed E-state index contributed by atoms with van der Waals surface area (Å²) >= 11 is 7.25. The van der Waals surface area contributed by atoms with Gasteiger partial charge in [0.25, 0.3) is 11.8 Å². The van der Waals surface area contributed by atoms with Crippen LogP contribution in [0.4, 0.5) is 4.39 Å². The highest BCUT2D eigenvalue weighted by atomic mass is 35.5. The third-order valence-electron chi connectivity index (χ3n) is 3.32. The van der Waals surface area contributed by atoms with Crippen LogP contribution in [0.5, 0.6) is 0 Å². The summed E-state index contributed by atoms with van der Waals surface area (Å²) in [5.41, 5.74) is 4.45. The molecule has 1 aromatic carbocycles. The first-order chi connectivity index (χ1) is 12.0. The van der Waals surface area contributed by atoms with Gasteiger partial charge >= 0.3 is 0 Å². The average Bonchev–Trinajstić information content (AvgIpc) is 3.22. The number of halogens is 2. The Morgan fingerprint density at radius 3 is 2.64 bits per heavy atom. The van der Waals surface area contributed by atoms with Crippen molar-refractivity contribution in [2.24, 2.45) is 0 Å². The van der Waals surface area contributed by atoms with E-state index < -0.39 is 17.6 Å². The van der Waals surface area contributed by atoms with E-state index in [-0.39, 0.29) is 27.6 Å². The molecular formula is C16H11ClFN3O3S. The lowest BCUT2D eigenvalue weighted by atomic mass is 10.1. The van der Waals surface area contributed by atoms with Crippen molar-refractivity contribution in [2.45, 2.75) is 6.92 Å². The first-order valence-corrected chi connectivity index (χ1v) is 8.29. The number of nitrogens with one attached hydrogen (secondary N) is 2. The summed E-state index contributed by atoms with van der Waals surface area (Å²) in [6.07, 6.45) is 0. The number of aromatic nitrogens is 1. The Hall–Kier alpha value is -2.71. The summed E-state index contributed by atoms with van der Waals surface area (Å²) < 4.78 is 19.1. The number of carbonyl (C=O) groups is 2. The minimum atomic E-state index is -0.696. The van der Waals surface area contributed by atoms with E-state index in [0.29, 0.717) is 4.88 Å². The first-order valence-electron chi connectivity index (χ1n) is 7.04. The molecule has 2 aromatic heterocycles. The number of rotatable bonds is 3. The van der Waals surface area contributed by atoms with E-state index in [1.54, 1.807) is 17.5 Å². The number of hydrogen-bond donors (Lipinski definition) is 2. The fourth-order valence-electron chi connectivity index (χ4n) is 2.18. The Morgan fingerprint density at radius 2 is 1.96 bits per heavy atom. The predicted molar refractivity (Wildman–Crippen MR) is 90.9 cm³/mol. The molecule has 6 nitrogen and oxygen atoms in total. The van der Waals surface area contributed by atoms with Gasteiger partial charge in [-0.05, 0) is 30.5 Å². The lowest BCUT2D eigenvalue weighted by Crippen LogP contribution is -2.41. The van der Waals surface area contributed by atoms with Crippen molar-refractivity contribution in [2.75, 3.05) is 0 Å². The molecule has 0 atom stereocenters. The van der Waals surface area contributed by atoms with Crippen molar-refractivity contribution >= 4 is 34.8 Å². The van der Waals surface area contributed by atoms with E-state index in [9.17, 15) is 14.0 Å². The van der Waals surface area contributed by atoms with Crippen LogP contribution in [0.2, 0.25) is 5.02 Å². The molecule has 128 valence electrons. The molecule has 3 rings (SSSR count). The molecule has 0 aliphatic rings. The molecule has 0 aliphatic carbocycles. The van der Waals surface area contributed by atoms with Crippen LogP contribution in [-0.4, -0.2) is 17.0 Å². The van der Waals surface area contributed by atoms with Crippen LogP contribution in [0.1, 0.15) is 25.8 Å². The zero-order valence-electron chi connectivity index (χ0n) is 12.8. The molecule has 2 amide bonds. The van der Waals surface area contributed by atoms with Gasteiger partial charge in [0.2, 0.25) is 0 Å². The highest BCUT2D eigenvalue weighted by Crippen LogP contribution is 2.33. The van der Waals surface area contributed by atoms with E-state index in [1.165, 1.54) is 36.5 Å². The molecule has 0 radical (unpaired) electrons. The number of carbonyl (C=O) groups excluding carboxylic acids is 2. The molecule has 0 bridgehead atoms. The van der Waals surface area contributed by atoms with E-state index in [2.05, 4.69) is 16.0 Å². The molecule has 25 heavy (non-hydrogen) atoms. The monoisotopic (exact) mass is 379 g/mol. The Kier molecular flexibility index (Phi) is 4.82. The molecule has 0 unspecified atom stereocenters. The standard InChI is InChI=1S/C16H11ClFN3O3S/c1-8-12(16(23)20-19-15(22)11-6-3-7-25-11)14(21-24-8)13-9(17)4-2-5-10(13)18/h2-7H,1H3,(H,19,22)(H,20,23). The van der Waals surface area contributed by atoms with Crippen molar-refractivity contribution in [3.63, 3.8) is 0 Å². The summed E-state index contributed by atoms with van der Waals surface area (Å²) in [4.78, 5) is 24.8. The Balaban J connectivity index is 1.87. The molecule has 9 heteroatoms. The molecule has 0 aliphatic heterocycles. The maximum absolute atomic E-state index is 14.1. The third-order valence-corrected chi connectivity index (χ3v) is 4.51. The Labute approximate surface area is 150 Å². The van der Waals surface area contributed by atoms with Crippen LogP contribution >= 0.6 is 22.9 Å². The van der Waals surface area contributed by atoms with Crippen LogP contribution in [0, 0.1) is 12.7 Å². The van der Waals surface area contributed by atoms with E-state index in [1.807, 2.05) is 0 Å². The number of benzene rings is 1. The van der Waals surface area contributed by atoms with Gasteiger partial charge in [0.05, 0.1) is 15.5 Å². The quantitative estimate of drug-likeness (QED) is 0.681. The predicted octanol–water partition coefficient (Wildman–Crippen LogP) is 3.58. The molecule has 0 spiro atoms. The number of hydrazine groups is 1. The molecule has 2 N–H and O–H groups in total. The van der Waals surface area contributed by atoms with Gasteiger partial charge in [-0.25, -0.2) is 4.39 Å². The van der Waals surface area contributed by atoms with Gasteiger partial charge in [-0.3, -0.25) is 20.4 Å². The van der Waals surface area contributed by atoms with E-state index in [4.69, 9.17) is 16.1 Å². The second-order valence-electron chi connectivity index (χ2n) is 4.94. The number of hydrogen-bond acceptors (Lipinski definition) is 5. The van der Waals surface area contributed by atoms with Crippen LogP contribution in [0.15, 0.2) is 40.2 Å². The lowest BCUT2D eigenvalue weighted by molar-refractivity contribution is 0.0848. The van der Waals surface area contributed by atoms with Crippen molar-refractivity contribution in [1.82, 2.24) is 16.0 Å². The van der Waals surface area contributed by atoms with Crippen molar-refractivity contribution in [3.8, 4) is 11.3 Å². The molecule has 0 saturated carbocycles. The number of thiophene rings is 1. The van der Waals surface area contributed by atoms with Crippen molar-refractivity contribution in [3.05, 3.63) is 62.8 Å². The summed E-state index contributed by atoms with van der Waals surface area (Å²) in [7, 11) is 0. The molecular weight excluding hydrogens is 369 g/mol. The minimum Gasteiger partial charge on any atom is -0.360 e. The maximum atomic E-state index is 14.1. The maximum Gasteiger partial charge on any atom is 0.279 e. The van der Waals surface area contributed by atoms with Gasteiger partial charge in [-0.1, -0.05) is 28.9 Å². The summed E-state index contributed by atoms with van der Waals surface area (Å²) in [6.45, 7) is 1.50. The normalized spacial score (nSPS) is 10.5. The average molecular weight is 380 g/mol. The van der Waals surface area contributed by atoms with Gasteiger partial charge in [0, 0.05) is 0 Å².